The number of hydrogen-bond acceptors (Lipinski definition) is 6. The maximum absolute atomic E-state index is 11.0. The van der Waals surface area contributed by atoms with E-state index in [2.05, 4.69) is 25.6 Å². The zero-order chi connectivity index (χ0) is 17.2. The van der Waals surface area contributed by atoms with Gasteiger partial charge in [-0.25, -0.2) is 9.78 Å². The molecule has 3 heterocycles. The molecule has 1 amide bonds. The van der Waals surface area contributed by atoms with Crippen LogP contribution >= 0.6 is 0 Å². The van der Waals surface area contributed by atoms with Gasteiger partial charge in [0.05, 0.1) is 5.52 Å². The summed E-state index contributed by atoms with van der Waals surface area (Å²) < 4.78 is 1.68. The number of nitrogens with one attached hydrogen (secondary N) is 1. The van der Waals surface area contributed by atoms with Gasteiger partial charge in [0.15, 0.2) is 5.82 Å². The number of para-hydroxylation sites is 1. The second-order valence-corrected chi connectivity index (χ2v) is 5.92. The molecule has 1 saturated heterocycles. The predicted molar refractivity (Wildman–Crippen MR) is 90.7 cm³/mol. The highest BCUT2D eigenvalue weighted by atomic mass is 16.4. The number of amides is 1. The number of anilines is 1. The second kappa shape index (κ2) is 6.34. The van der Waals surface area contributed by atoms with Crippen LogP contribution < -0.4 is 5.32 Å². The van der Waals surface area contributed by atoms with Crippen LogP contribution in [-0.2, 0) is 0 Å². The molecule has 0 saturated carbocycles. The number of piperidine rings is 1. The van der Waals surface area contributed by atoms with Crippen LogP contribution in [0.25, 0.3) is 16.9 Å². The Hall–Kier alpha value is -3.23. The molecule has 0 spiro atoms. The first-order valence-corrected chi connectivity index (χ1v) is 8.09. The molecule has 0 atom stereocenters. The van der Waals surface area contributed by atoms with Crippen LogP contribution in [0.5, 0.6) is 0 Å². The molecule has 1 aliphatic heterocycles. The number of benzene rings is 1. The van der Waals surface area contributed by atoms with Gasteiger partial charge in [-0.05, 0) is 25.0 Å². The van der Waals surface area contributed by atoms with E-state index in [1.807, 2.05) is 24.3 Å². The van der Waals surface area contributed by atoms with E-state index in [9.17, 15) is 4.79 Å². The number of hydrogen-bond donors (Lipinski definition) is 2. The van der Waals surface area contributed by atoms with Crippen molar-refractivity contribution < 1.29 is 9.90 Å². The minimum atomic E-state index is -0.866. The summed E-state index contributed by atoms with van der Waals surface area (Å²) in [7, 11) is 0. The van der Waals surface area contributed by atoms with E-state index >= 15 is 0 Å². The maximum Gasteiger partial charge on any atom is 0.407 e. The molecule has 4 rings (SSSR count). The van der Waals surface area contributed by atoms with Gasteiger partial charge in [0.25, 0.3) is 0 Å². The van der Waals surface area contributed by atoms with Crippen LogP contribution in [0.2, 0.25) is 0 Å². The number of likely N-dealkylation sites (tertiary alicyclic amines) is 1. The number of rotatable bonds is 3. The van der Waals surface area contributed by atoms with Gasteiger partial charge in [-0.3, -0.25) is 0 Å². The van der Waals surface area contributed by atoms with Crippen molar-refractivity contribution in [1.29, 1.82) is 0 Å². The molecule has 9 nitrogen and oxygen atoms in total. The Bertz CT molecular complexity index is 902. The monoisotopic (exact) mass is 339 g/mol. The first-order valence-electron chi connectivity index (χ1n) is 8.09. The van der Waals surface area contributed by atoms with Crippen molar-refractivity contribution >= 4 is 23.1 Å². The summed E-state index contributed by atoms with van der Waals surface area (Å²) in [4.78, 5) is 21.2. The number of fused-ring (bicyclic) bond motifs is 1. The quantitative estimate of drug-likeness (QED) is 0.748. The number of carboxylic acid groups (broad SMARTS) is 1. The van der Waals surface area contributed by atoms with Gasteiger partial charge < -0.3 is 15.3 Å². The van der Waals surface area contributed by atoms with E-state index in [4.69, 9.17) is 5.11 Å². The van der Waals surface area contributed by atoms with Crippen LogP contribution in [0, 0.1) is 0 Å². The SMILES string of the molecule is O=C(O)N1CCC(Nc2nccc(-n3nnc4ccccc43)n2)CC1. The molecule has 0 unspecified atom stereocenters. The average Bonchev–Trinajstić information content (AvgIpc) is 3.06. The molecule has 2 aromatic heterocycles. The lowest BCUT2D eigenvalue weighted by Gasteiger charge is -2.30. The highest BCUT2D eigenvalue weighted by Gasteiger charge is 2.22. The lowest BCUT2D eigenvalue weighted by molar-refractivity contribution is 0.133. The minimum absolute atomic E-state index is 0.151. The van der Waals surface area contributed by atoms with Crippen molar-refractivity contribution in [2.24, 2.45) is 0 Å². The van der Waals surface area contributed by atoms with Gasteiger partial charge in [-0.1, -0.05) is 17.3 Å². The van der Waals surface area contributed by atoms with Crippen molar-refractivity contribution in [2.75, 3.05) is 18.4 Å². The van der Waals surface area contributed by atoms with Crippen LogP contribution in [0.1, 0.15) is 12.8 Å². The first-order chi connectivity index (χ1) is 12.2. The molecular formula is C16H17N7O2. The Morgan fingerprint density at radius 1 is 1.20 bits per heavy atom. The fourth-order valence-corrected chi connectivity index (χ4v) is 2.97. The number of nitrogens with zero attached hydrogens (tertiary/aromatic N) is 6. The van der Waals surface area contributed by atoms with Crippen molar-refractivity contribution in [3.63, 3.8) is 0 Å². The molecule has 1 aromatic carbocycles. The zero-order valence-corrected chi connectivity index (χ0v) is 13.4. The normalized spacial score (nSPS) is 15.4. The van der Waals surface area contributed by atoms with Gasteiger partial charge in [0.1, 0.15) is 5.52 Å². The Labute approximate surface area is 143 Å². The summed E-state index contributed by atoms with van der Waals surface area (Å²) in [5.41, 5.74) is 1.68. The lowest BCUT2D eigenvalue weighted by atomic mass is 10.1. The van der Waals surface area contributed by atoms with E-state index in [1.165, 1.54) is 4.90 Å². The molecular weight excluding hydrogens is 322 g/mol. The van der Waals surface area contributed by atoms with Crippen LogP contribution in [-0.4, -0.2) is 60.2 Å². The summed E-state index contributed by atoms with van der Waals surface area (Å²) >= 11 is 0. The summed E-state index contributed by atoms with van der Waals surface area (Å²) in [5.74, 6) is 1.14. The molecule has 0 bridgehead atoms. The standard InChI is InChI=1S/C16H17N7O2/c24-16(25)22-9-6-11(7-10-22)18-15-17-8-5-14(19-15)23-13-4-2-1-3-12(13)20-21-23/h1-5,8,11H,6-7,9-10H2,(H,24,25)(H,17,18,19). The van der Waals surface area contributed by atoms with Crippen LogP contribution in [0.4, 0.5) is 10.7 Å². The minimum Gasteiger partial charge on any atom is -0.465 e. The molecule has 3 aromatic rings. The molecule has 0 aliphatic carbocycles. The fourth-order valence-electron chi connectivity index (χ4n) is 2.97. The van der Waals surface area contributed by atoms with Crippen molar-refractivity contribution in [3.05, 3.63) is 36.5 Å². The topological polar surface area (TPSA) is 109 Å². The third kappa shape index (κ3) is 3.08. The molecule has 1 fully saturated rings. The Morgan fingerprint density at radius 3 is 2.80 bits per heavy atom. The predicted octanol–water partition coefficient (Wildman–Crippen LogP) is 1.76. The van der Waals surface area contributed by atoms with Gasteiger partial charge in [0, 0.05) is 31.4 Å². The highest BCUT2D eigenvalue weighted by Crippen LogP contribution is 2.17. The van der Waals surface area contributed by atoms with Gasteiger partial charge in [-0.15, -0.1) is 5.10 Å². The van der Waals surface area contributed by atoms with Crippen LogP contribution in [0.3, 0.4) is 0 Å². The van der Waals surface area contributed by atoms with E-state index in [0.717, 1.165) is 23.9 Å². The summed E-state index contributed by atoms with van der Waals surface area (Å²) in [5, 5.41) is 20.6. The van der Waals surface area contributed by atoms with Crippen molar-refractivity contribution in [3.8, 4) is 5.82 Å². The van der Waals surface area contributed by atoms with Gasteiger partial charge >= 0.3 is 6.09 Å². The van der Waals surface area contributed by atoms with Gasteiger partial charge in [-0.2, -0.15) is 9.67 Å². The molecule has 9 heteroatoms. The highest BCUT2D eigenvalue weighted by molar-refractivity contribution is 5.75. The number of carbonyl (C=O) groups is 1. The lowest BCUT2D eigenvalue weighted by Crippen LogP contribution is -2.41. The summed E-state index contributed by atoms with van der Waals surface area (Å²) in [6.45, 7) is 1.03. The van der Waals surface area contributed by atoms with E-state index < -0.39 is 6.09 Å². The number of aromatic nitrogens is 5. The Kier molecular flexibility index (Phi) is 3.88. The van der Waals surface area contributed by atoms with Crippen molar-refractivity contribution in [2.45, 2.75) is 18.9 Å². The zero-order valence-electron chi connectivity index (χ0n) is 13.4. The molecule has 25 heavy (non-hydrogen) atoms. The molecule has 128 valence electrons. The van der Waals surface area contributed by atoms with Crippen molar-refractivity contribution in [1.82, 2.24) is 29.9 Å². The molecule has 0 radical (unpaired) electrons. The smallest absolute Gasteiger partial charge is 0.407 e. The Balaban J connectivity index is 1.51. The average molecular weight is 339 g/mol. The molecule has 2 N–H and O–H groups in total. The maximum atomic E-state index is 11.0. The third-order valence-corrected chi connectivity index (χ3v) is 4.31. The van der Waals surface area contributed by atoms with Crippen LogP contribution in [0.15, 0.2) is 36.5 Å². The second-order valence-electron chi connectivity index (χ2n) is 5.92. The fraction of sp³-hybridized carbons (Fsp3) is 0.312. The van der Waals surface area contributed by atoms with Gasteiger partial charge in [0.2, 0.25) is 5.95 Å². The molecule has 1 aliphatic rings. The Morgan fingerprint density at radius 2 is 2.00 bits per heavy atom. The van der Waals surface area contributed by atoms with E-state index in [1.54, 1.807) is 16.9 Å². The third-order valence-electron chi connectivity index (χ3n) is 4.31. The van der Waals surface area contributed by atoms with E-state index in [0.29, 0.717) is 24.9 Å². The summed E-state index contributed by atoms with van der Waals surface area (Å²) in [6, 6.07) is 9.61. The van der Waals surface area contributed by atoms with E-state index in [-0.39, 0.29) is 6.04 Å². The first kappa shape index (κ1) is 15.3. The largest absolute Gasteiger partial charge is 0.465 e. The summed E-state index contributed by atoms with van der Waals surface area (Å²) in [6.07, 6.45) is 2.26.